The van der Waals surface area contributed by atoms with Crippen LogP contribution in [0.3, 0.4) is 0 Å². The second kappa shape index (κ2) is 11.4. The molecule has 55 valence electrons. The predicted molar refractivity (Wildman–Crippen MR) is 25.8 cm³/mol. The van der Waals surface area contributed by atoms with Gasteiger partial charge in [0.2, 0.25) is 0 Å². The van der Waals surface area contributed by atoms with Crippen molar-refractivity contribution >= 4 is 11.4 Å². The van der Waals surface area contributed by atoms with Crippen molar-refractivity contribution in [3.63, 3.8) is 0 Å². The fourth-order valence-corrected chi connectivity index (χ4v) is 0.454. The zero-order chi connectivity index (χ0) is 7.70. The molecule has 0 aliphatic rings. The third-order valence-electron chi connectivity index (χ3n) is 0.384. The Morgan fingerprint density at radius 2 is 2.11 bits per heavy atom. The van der Waals surface area contributed by atoms with E-state index in [4.69, 9.17) is 3.25 Å². The van der Waals surface area contributed by atoms with Crippen molar-refractivity contribution in [1.29, 1.82) is 0 Å². The molecule has 0 saturated carbocycles. The van der Waals surface area contributed by atoms with Crippen LogP contribution in [-0.4, -0.2) is 15.4 Å². The summed E-state index contributed by atoms with van der Waals surface area (Å²) in [5, 5.41) is 0. The molecule has 0 aromatic rings. The second-order valence-electron chi connectivity index (χ2n) is 1.03. The molecular formula is C3H7NbO4S-. The average molecular weight is 232 g/mol. The topological polar surface area (TPSA) is 66.4 Å². The molecule has 1 atom stereocenters. The molecule has 0 saturated heterocycles. The van der Waals surface area contributed by atoms with Crippen molar-refractivity contribution in [2.75, 3.05) is 6.61 Å². The Hall–Kier alpha value is 0.610. The van der Waals surface area contributed by atoms with E-state index in [0.717, 1.165) is 6.42 Å². The third kappa shape index (κ3) is 17.7. The van der Waals surface area contributed by atoms with Gasteiger partial charge in [0.15, 0.2) is 0 Å². The van der Waals surface area contributed by atoms with E-state index in [0.29, 0.717) is 21.0 Å². The Balaban J connectivity index is 0. The first-order chi connectivity index (χ1) is 4.27. The molecule has 9 heavy (non-hydrogen) atoms. The maximum absolute atomic E-state index is 9.54. The minimum absolute atomic E-state index is 0.288. The van der Waals surface area contributed by atoms with E-state index >= 15 is 0 Å². The van der Waals surface area contributed by atoms with Gasteiger partial charge in [-0.05, 0) is 6.42 Å². The minimum atomic E-state index is -2.32. The van der Waals surface area contributed by atoms with Gasteiger partial charge >= 0.3 is 24.3 Å². The molecule has 0 heterocycles. The summed E-state index contributed by atoms with van der Waals surface area (Å²) in [6, 6.07) is 0. The molecule has 0 rings (SSSR count). The zero-order valence-corrected chi connectivity index (χ0v) is 7.92. The van der Waals surface area contributed by atoms with Crippen LogP contribution in [0.5, 0.6) is 0 Å². The van der Waals surface area contributed by atoms with Crippen molar-refractivity contribution in [2.45, 2.75) is 13.3 Å². The summed E-state index contributed by atoms with van der Waals surface area (Å²) in [6.07, 6.45) is 0.730. The summed E-state index contributed by atoms with van der Waals surface area (Å²) in [5.74, 6) is 0. The van der Waals surface area contributed by atoms with Gasteiger partial charge in [0.25, 0.3) is 0 Å². The van der Waals surface area contributed by atoms with E-state index in [9.17, 15) is 8.76 Å². The summed E-state index contributed by atoms with van der Waals surface area (Å²) >= 11 is -1.82. The van der Waals surface area contributed by atoms with E-state index in [-0.39, 0.29) is 6.61 Å². The Labute approximate surface area is 68.7 Å². The first-order valence-corrected chi connectivity index (χ1v) is 4.08. The van der Waals surface area contributed by atoms with Crippen LogP contribution in [0.2, 0.25) is 0 Å². The molecule has 0 bridgehead atoms. The maximum atomic E-state index is 9.54. The molecule has 0 aliphatic carbocycles. The van der Waals surface area contributed by atoms with Crippen LogP contribution in [0, 0.1) is 0 Å². The summed E-state index contributed by atoms with van der Waals surface area (Å²) in [7, 11) is 0. The molecule has 0 aliphatic heterocycles. The first-order valence-electron chi connectivity index (χ1n) is 2.18. The Kier molecular flexibility index (Phi) is 15.6. The van der Waals surface area contributed by atoms with E-state index in [2.05, 4.69) is 4.18 Å². The first kappa shape index (κ1) is 12.3. The van der Waals surface area contributed by atoms with Crippen LogP contribution in [0.4, 0.5) is 0 Å². The number of rotatable bonds is 3. The van der Waals surface area contributed by atoms with Crippen LogP contribution < -0.4 is 0 Å². The molecule has 0 aromatic carbocycles. The molecule has 0 spiro atoms. The predicted octanol–water partition coefficient (Wildman–Crippen LogP) is 0.0858. The number of hydrogen-bond donors (Lipinski definition) is 0. The third-order valence-corrected chi connectivity index (χ3v) is 0.743. The molecule has 1 unspecified atom stereocenters. The van der Waals surface area contributed by atoms with Crippen molar-refractivity contribution in [3.8, 4) is 0 Å². The molecule has 0 N–H and O–H groups in total. The summed E-state index contributed by atoms with van der Waals surface area (Å²) in [5.41, 5.74) is 0. The summed E-state index contributed by atoms with van der Waals surface area (Å²) in [6.45, 7) is 2.13. The van der Waals surface area contributed by atoms with Crippen LogP contribution >= 0.6 is 0 Å². The fraction of sp³-hybridized carbons (Fsp3) is 1.00. The normalized spacial score (nSPS) is 11.2. The van der Waals surface area contributed by atoms with E-state index in [1.54, 1.807) is 0 Å². The molecule has 6 heteroatoms. The average Bonchev–Trinajstić information content (AvgIpc) is 1.88. The van der Waals surface area contributed by atoms with Gasteiger partial charge in [-0.2, -0.15) is 0 Å². The quantitative estimate of drug-likeness (QED) is 0.510. The summed E-state index contributed by atoms with van der Waals surface area (Å²) in [4.78, 5) is 0. The van der Waals surface area contributed by atoms with Crippen LogP contribution in [0.1, 0.15) is 13.3 Å². The monoisotopic (exact) mass is 232 g/mol. The van der Waals surface area contributed by atoms with E-state index < -0.39 is 11.4 Å². The van der Waals surface area contributed by atoms with Gasteiger partial charge in [-0.25, -0.2) is 4.21 Å². The molecule has 0 radical (unpaired) electrons. The molecule has 0 fully saturated rings. The second-order valence-corrected chi connectivity index (χ2v) is 1.67. The van der Waals surface area contributed by atoms with Gasteiger partial charge in [0.1, 0.15) is 0 Å². The SMILES string of the molecule is CCCOS(=O)[O-].[O]=[Nb]. The molecule has 0 aromatic heterocycles. The van der Waals surface area contributed by atoms with Crippen LogP contribution in [0.25, 0.3) is 0 Å². The van der Waals surface area contributed by atoms with Crippen molar-refractivity contribution in [2.24, 2.45) is 0 Å². The van der Waals surface area contributed by atoms with Crippen LogP contribution in [0.15, 0.2) is 0 Å². The molecule has 4 nitrogen and oxygen atoms in total. The van der Waals surface area contributed by atoms with Gasteiger partial charge in [-0.3, -0.25) is 0 Å². The van der Waals surface area contributed by atoms with Gasteiger partial charge in [0, 0.05) is 0 Å². The van der Waals surface area contributed by atoms with Crippen molar-refractivity contribution in [3.05, 3.63) is 0 Å². The van der Waals surface area contributed by atoms with Gasteiger partial charge < -0.3 is 8.74 Å². The number of hydrogen-bond acceptors (Lipinski definition) is 4. The van der Waals surface area contributed by atoms with E-state index in [1.165, 1.54) is 0 Å². The standard InChI is InChI=1S/C3H8O3S.Nb.O/c1-2-3-6-7(4)5;;/h2-3H2,1H3,(H,4,5);;/p-1. The van der Waals surface area contributed by atoms with Crippen LogP contribution in [-0.2, 0) is 39.8 Å². The van der Waals surface area contributed by atoms with Gasteiger partial charge in [0.05, 0.1) is 18.0 Å². The van der Waals surface area contributed by atoms with Gasteiger partial charge in [-0.15, -0.1) is 0 Å². The summed E-state index contributed by atoms with van der Waals surface area (Å²) < 4.78 is 31.5. The Bertz CT molecular complexity index is 78.2. The van der Waals surface area contributed by atoms with Gasteiger partial charge in [-0.1, -0.05) is 6.92 Å². The Morgan fingerprint density at radius 3 is 2.22 bits per heavy atom. The Morgan fingerprint density at radius 1 is 1.67 bits per heavy atom. The van der Waals surface area contributed by atoms with Crippen molar-refractivity contribution < 1.29 is 37.2 Å². The molecular weight excluding hydrogens is 225 g/mol. The van der Waals surface area contributed by atoms with E-state index in [1.807, 2.05) is 6.92 Å². The zero-order valence-electron chi connectivity index (χ0n) is 4.90. The van der Waals surface area contributed by atoms with Crippen molar-refractivity contribution in [1.82, 2.24) is 0 Å². The fourth-order valence-electron chi connectivity index (χ4n) is 0.151. The molecule has 0 amide bonds.